The lowest BCUT2D eigenvalue weighted by Gasteiger charge is -2.21. The van der Waals surface area contributed by atoms with E-state index in [2.05, 4.69) is 31.4 Å². The molecule has 1 atom stereocenters. The van der Waals surface area contributed by atoms with Crippen molar-refractivity contribution in [1.82, 2.24) is 4.57 Å². The summed E-state index contributed by atoms with van der Waals surface area (Å²) in [6.07, 6.45) is 2.02. The molecule has 0 bridgehead atoms. The zero-order valence-corrected chi connectivity index (χ0v) is 7.99. The van der Waals surface area contributed by atoms with Crippen molar-refractivity contribution < 1.29 is 5.11 Å². The summed E-state index contributed by atoms with van der Waals surface area (Å²) >= 11 is 0. The van der Waals surface area contributed by atoms with Crippen molar-refractivity contribution in [3.8, 4) is 0 Å². The molecule has 1 rings (SSSR count). The maximum absolute atomic E-state index is 9.17. The van der Waals surface area contributed by atoms with Gasteiger partial charge in [0.05, 0.1) is 12.6 Å². The van der Waals surface area contributed by atoms with E-state index in [4.69, 9.17) is 0 Å². The van der Waals surface area contributed by atoms with Crippen LogP contribution in [0.15, 0.2) is 18.3 Å². The Bertz CT molecular complexity index is 240. The molecule has 0 fully saturated rings. The molecule has 2 heteroatoms. The summed E-state index contributed by atoms with van der Waals surface area (Å²) in [6, 6.07) is 4.30. The van der Waals surface area contributed by atoms with Crippen LogP contribution in [0, 0.1) is 12.8 Å². The summed E-state index contributed by atoms with van der Waals surface area (Å²) in [5.74, 6) is 0.473. The third-order valence-electron chi connectivity index (χ3n) is 2.31. The molecule has 1 aromatic heterocycles. The van der Waals surface area contributed by atoms with Crippen LogP contribution in [-0.4, -0.2) is 16.3 Å². The van der Waals surface area contributed by atoms with Crippen molar-refractivity contribution in [2.24, 2.45) is 5.92 Å². The van der Waals surface area contributed by atoms with E-state index in [-0.39, 0.29) is 12.6 Å². The van der Waals surface area contributed by atoms with Crippen LogP contribution in [0.4, 0.5) is 0 Å². The summed E-state index contributed by atoms with van der Waals surface area (Å²) in [5.41, 5.74) is 1.21. The molecular weight excluding hydrogens is 150 g/mol. The normalized spacial score (nSPS) is 13.8. The lowest BCUT2D eigenvalue weighted by molar-refractivity contribution is 0.191. The molecule has 0 aromatic carbocycles. The topological polar surface area (TPSA) is 25.2 Å². The second-order valence-electron chi connectivity index (χ2n) is 3.55. The van der Waals surface area contributed by atoms with E-state index in [1.165, 1.54) is 5.69 Å². The van der Waals surface area contributed by atoms with E-state index in [1.807, 2.05) is 12.3 Å². The first-order chi connectivity index (χ1) is 5.66. The molecule has 68 valence electrons. The summed E-state index contributed by atoms with van der Waals surface area (Å²) in [5, 5.41) is 9.17. The quantitative estimate of drug-likeness (QED) is 0.731. The number of aliphatic hydroxyl groups excluding tert-OH is 1. The van der Waals surface area contributed by atoms with Crippen molar-refractivity contribution in [2.45, 2.75) is 26.8 Å². The van der Waals surface area contributed by atoms with Crippen molar-refractivity contribution in [2.75, 3.05) is 6.61 Å². The molecule has 0 radical (unpaired) electrons. The van der Waals surface area contributed by atoms with Crippen LogP contribution in [0.5, 0.6) is 0 Å². The highest BCUT2D eigenvalue weighted by atomic mass is 16.3. The molecule has 1 aromatic rings. The van der Waals surface area contributed by atoms with Crippen LogP contribution in [0.25, 0.3) is 0 Å². The van der Waals surface area contributed by atoms with Crippen molar-refractivity contribution in [3.63, 3.8) is 0 Å². The van der Waals surface area contributed by atoms with E-state index in [0.29, 0.717) is 5.92 Å². The molecule has 1 N–H and O–H groups in total. The van der Waals surface area contributed by atoms with Gasteiger partial charge in [-0.3, -0.25) is 0 Å². The summed E-state index contributed by atoms with van der Waals surface area (Å²) < 4.78 is 2.13. The van der Waals surface area contributed by atoms with Crippen LogP contribution in [0.2, 0.25) is 0 Å². The Hall–Kier alpha value is -0.760. The zero-order chi connectivity index (χ0) is 9.14. The molecule has 0 amide bonds. The second-order valence-corrected chi connectivity index (χ2v) is 3.55. The SMILES string of the molecule is Cc1cccn1C(CO)C(C)C. The first-order valence-electron chi connectivity index (χ1n) is 4.41. The summed E-state index contributed by atoms with van der Waals surface area (Å²) in [4.78, 5) is 0. The number of hydrogen-bond acceptors (Lipinski definition) is 1. The van der Waals surface area contributed by atoms with Gasteiger partial charge in [-0.2, -0.15) is 0 Å². The van der Waals surface area contributed by atoms with Crippen LogP contribution in [0.3, 0.4) is 0 Å². The highest BCUT2D eigenvalue weighted by molar-refractivity contribution is 5.06. The third-order valence-corrected chi connectivity index (χ3v) is 2.31. The van der Waals surface area contributed by atoms with Gasteiger partial charge >= 0.3 is 0 Å². The van der Waals surface area contributed by atoms with Gasteiger partial charge in [0.15, 0.2) is 0 Å². The Morgan fingerprint density at radius 3 is 2.50 bits per heavy atom. The molecule has 2 nitrogen and oxygen atoms in total. The average Bonchev–Trinajstić information content (AvgIpc) is 2.38. The highest BCUT2D eigenvalue weighted by Crippen LogP contribution is 2.18. The fraction of sp³-hybridized carbons (Fsp3) is 0.600. The maximum atomic E-state index is 9.17. The first-order valence-corrected chi connectivity index (χ1v) is 4.41. The Morgan fingerprint density at radius 1 is 1.50 bits per heavy atom. The van der Waals surface area contributed by atoms with Crippen molar-refractivity contribution in [1.29, 1.82) is 0 Å². The molecule has 0 aliphatic rings. The van der Waals surface area contributed by atoms with Gasteiger partial charge in [-0.25, -0.2) is 0 Å². The summed E-state index contributed by atoms with van der Waals surface area (Å²) in [6.45, 7) is 6.53. The molecular formula is C10H17NO. The maximum Gasteiger partial charge on any atom is 0.0641 e. The van der Waals surface area contributed by atoms with Gasteiger partial charge in [-0.05, 0) is 25.0 Å². The molecule has 12 heavy (non-hydrogen) atoms. The number of aryl methyl sites for hydroxylation is 1. The van der Waals surface area contributed by atoms with Gasteiger partial charge in [-0.15, -0.1) is 0 Å². The largest absolute Gasteiger partial charge is 0.394 e. The highest BCUT2D eigenvalue weighted by Gasteiger charge is 2.14. The fourth-order valence-electron chi connectivity index (χ4n) is 1.47. The van der Waals surface area contributed by atoms with Gasteiger partial charge in [0.25, 0.3) is 0 Å². The van der Waals surface area contributed by atoms with Gasteiger partial charge < -0.3 is 9.67 Å². The molecule has 0 saturated heterocycles. The van der Waals surface area contributed by atoms with E-state index < -0.39 is 0 Å². The van der Waals surface area contributed by atoms with E-state index in [9.17, 15) is 5.11 Å². The average molecular weight is 167 g/mol. The predicted octanol–water partition coefficient (Wildman–Crippen LogP) is 1.99. The van der Waals surface area contributed by atoms with Crippen LogP contribution < -0.4 is 0 Å². The molecule has 0 spiro atoms. The molecule has 0 saturated carbocycles. The monoisotopic (exact) mass is 167 g/mol. The number of nitrogens with zero attached hydrogens (tertiary/aromatic N) is 1. The van der Waals surface area contributed by atoms with E-state index in [0.717, 1.165) is 0 Å². The van der Waals surface area contributed by atoms with Gasteiger partial charge in [0.1, 0.15) is 0 Å². The molecule has 0 aliphatic heterocycles. The second kappa shape index (κ2) is 3.76. The Balaban J connectivity index is 2.87. The van der Waals surface area contributed by atoms with Crippen molar-refractivity contribution >= 4 is 0 Å². The number of aliphatic hydroxyl groups is 1. The van der Waals surface area contributed by atoms with Gasteiger partial charge in [-0.1, -0.05) is 13.8 Å². The molecule has 1 unspecified atom stereocenters. The van der Waals surface area contributed by atoms with Crippen LogP contribution in [0.1, 0.15) is 25.6 Å². The summed E-state index contributed by atoms with van der Waals surface area (Å²) in [7, 11) is 0. The smallest absolute Gasteiger partial charge is 0.0641 e. The fourth-order valence-corrected chi connectivity index (χ4v) is 1.47. The minimum Gasteiger partial charge on any atom is -0.394 e. The zero-order valence-electron chi connectivity index (χ0n) is 7.99. The lowest BCUT2D eigenvalue weighted by Crippen LogP contribution is -2.19. The molecule has 1 heterocycles. The third kappa shape index (κ3) is 1.69. The Kier molecular flexibility index (Phi) is 2.93. The standard InChI is InChI=1S/C10H17NO/c1-8(2)10(7-12)11-6-4-5-9(11)3/h4-6,8,10,12H,7H2,1-3H3. The minimum absolute atomic E-state index is 0.215. The predicted molar refractivity (Wildman–Crippen MR) is 50.1 cm³/mol. The number of hydrogen-bond donors (Lipinski definition) is 1. The number of rotatable bonds is 3. The van der Waals surface area contributed by atoms with E-state index >= 15 is 0 Å². The Labute approximate surface area is 73.8 Å². The first kappa shape index (κ1) is 9.33. The van der Waals surface area contributed by atoms with Crippen molar-refractivity contribution in [3.05, 3.63) is 24.0 Å². The van der Waals surface area contributed by atoms with Gasteiger partial charge in [0.2, 0.25) is 0 Å². The molecule has 0 aliphatic carbocycles. The lowest BCUT2D eigenvalue weighted by atomic mass is 10.1. The van der Waals surface area contributed by atoms with Crippen LogP contribution >= 0.6 is 0 Å². The number of aromatic nitrogens is 1. The minimum atomic E-state index is 0.215. The van der Waals surface area contributed by atoms with Crippen LogP contribution in [-0.2, 0) is 0 Å². The van der Waals surface area contributed by atoms with Gasteiger partial charge in [0, 0.05) is 11.9 Å². The van der Waals surface area contributed by atoms with E-state index in [1.54, 1.807) is 0 Å². The Morgan fingerprint density at radius 2 is 2.17 bits per heavy atom.